The largest absolute Gasteiger partial charge is 0.397 e. The summed E-state index contributed by atoms with van der Waals surface area (Å²) in [4.78, 5) is 38.9. The molecule has 7 fully saturated rings. The summed E-state index contributed by atoms with van der Waals surface area (Å²) in [5.74, 6) is -2.71. The lowest BCUT2D eigenvalue weighted by molar-refractivity contribution is -0.384. The number of amides is 3. The van der Waals surface area contributed by atoms with E-state index < -0.39 is 276 Å². The van der Waals surface area contributed by atoms with Gasteiger partial charge in [-0.25, -0.2) is 4.18 Å². The fraction of sp³-hybridized carbons (Fsp3) is 0.938. The zero-order chi connectivity index (χ0) is 66.0. The van der Waals surface area contributed by atoms with Gasteiger partial charge in [0.15, 0.2) is 44.0 Å². The van der Waals surface area contributed by atoms with Crippen molar-refractivity contribution in [1.82, 2.24) is 16.0 Å². The van der Waals surface area contributed by atoms with Gasteiger partial charge >= 0.3 is 10.4 Å². The maximum atomic E-state index is 13.1. The van der Waals surface area contributed by atoms with Gasteiger partial charge in [-0.1, -0.05) is 0 Å². The van der Waals surface area contributed by atoms with E-state index >= 15 is 0 Å². The monoisotopic (exact) mass is 1320 g/mol. The molecule has 0 aromatic carbocycles. The molecule has 0 aliphatic carbocycles. The lowest BCUT2D eigenvalue weighted by atomic mass is 9.93. The van der Waals surface area contributed by atoms with E-state index in [0.29, 0.717) is 0 Å². The highest BCUT2D eigenvalue weighted by Crippen LogP contribution is 2.38. The molecule has 41 heteroatoms. The van der Waals surface area contributed by atoms with Crippen LogP contribution in [0.15, 0.2) is 0 Å². The second-order valence-electron chi connectivity index (χ2n) is 22.3. The third kappa shape index (κ3) is 16.8. The standard InChI is InChI=1S/C48H81N3O37S/c1-11-24(59)30(65)33(68)45(76-11)86-39-23(51-15(5)58)43(82-19(9-55)36(39)83-47-35(70)40(88-89(72,73)74)28(63)18(8-54)80-47)75-10-20-29(64)37(21(42(71)78-20)49-13(3)56)84-44-22(50-14(4)57)38(27(62)17(7-53)79-44)85-48-41(32(67)26(61)16(6-52)81-48)87-46-34(69)31(66)25(60)12(2)77-46/h11-12,16-48,52-55,59-71H,6-10H2,1-5H3,(H,49,56)(H,50,57)(H,51,58)(H,72,73,74)/t11-,12-,16+,17+,18+,19+,20+,21+,22+,23+,24+,25+,26-,27+,28-,29-,30+,31+,32-,33-,34-,35+,36+,37+,38+,39+,40-,41+,42-,43+,44-,45-,46-,47-,48-/m0/s1. The second-order valence-corrected chi connectivity index (χ2v) is 23.3. The van der Waals surface area contributed by atoms with Gasteiger partial charge in [-0.2, -0.15) is 8.42 Å². The van der Waals surface area contributed by atoms with Crippen molar-refractivity contribution in [3.05, 3.63) is 0 Å². The molecule has 0 radical (unpaired) electrons. The third-order valence-electron chi connectivity index (χ3n) is 15.9. The maximum Gasteiger partial charge on any atom is 0.397 e. The number of hydrogen-bond donors (Lipinski definition) is 21. The minimum atomic E-state index is -5.47. The molecule has 0 unspecified atom stereocenters. The highest BCUT2D eigenvalue weighted by Gasteiger charge is 2.59. The first-order valence-electron chi connectivity index (χ1n) is 28.0. The van der Waals surface area contributed by atoms with Crippen LogP contribution in [0.2, 0.25) is 0 Å². The average Bonchev–Trinajstić information content (AvgIpc) is 0.973. The van der Waals surface area contributed by atoms with Gasteiger partial charge in [-0.3, -0.25) is 18.9 Å². The molecule has 35 atom stereocenters. The van der Waals surface area contributed by atoms with E-state index in [2.05, 4.69) is 20.1 Å². The lowest BCUT2D eigenvalue weighted by Gasteiger charge is -2.51. The molecular formula is C48H81N3O37S. The summed E-state index contributed by atoms with van der Waals surface area (Å²) >= 11 is 0. The Kier molecular flexibility index (Phi) is 25.7. The predicted molar refractivity (Wildman–Crippen MR) is 274 cm³/mol. The lowest BCUT2D eigenvalue weighted by Crippen LogP contribution is -2.71. The topological polar surface area (TPSA) is 615 Å². The summed E-state index contributed by atoms with van der Waals surface area (Å²) in [6, 6.07) is -5.54. The maximum absolute atomic E-state index is 13.1. The predicted octanol–water partition coefficient (Wildman–Crippen LogP) is -14.0. The quantitative estimate of drug-likeness (QED) is 0.0448. The minimum Gasteiger partial charge on any atom is -0.394 e. The van der Waals surface area contributed by atoms with Crippen molar-refractivity contribution < 1.29 is 180 Å². The van der Waals surface area contributed by atoms with Crippen molar-refractivity contribution in [2.45, 2.75) is 249 Å². The summed E-state index contributed by atoms with van der Waals surface area (Å²) in [5, 5.41) is 193. The van der Waals surface area contributed by atoms with Crippen LogP contribution in [0.5, 0.6) is 0 Å². The summed E-state index contributed by atoms with van der Waals surface area (Å²) in [5.41, 5.74) is 0. The Morgan fingerprint density at radius 1 is 0.371 bits per heavy atom. The van der Waals surface area contributed by atoms with Crippen LogP contribution in [0.25, 0.3) is 0 Å². The zero-order valence-electron chi connectivity index (χ0n) is 48.0. The number of ether oxygens (including phenoxy) is 13. The van der Waals surface area contributed by atoms with Crippen LogP contribution in [0.4, 0.5) is 0 Å². The molecule has 0 spiro atoms. The van der Waals surface area contributed by atoms with Crippen LogP contribution >= 0.6 is 0 Å². The van der Waals surface area contributed by atoms with Crippen LogP contribution in [0, 0.1) is 0 Å². The highest BCUT2D eigenvalue weighted by atomic mass is 32.3. The van der Waals surface area contributed by atoms with Crippen molar-refractivity contribution in [3.63, 3.8) is 0 Å². The Hall–Kier alpha value is -2.92. The van der Waals surface area contributed by atoms with Crippen molar-refractivity contribution >= 4 is 28.1 Å². The van der Waals surface area contributed by atoms with Crippen LogP contribution in [-0.4, -0.2) is 365 Å². The molecule has 89 heavy (non-hydrogen) atoms. The van der Waals surface area contributed by atoms with E-state index in [1.807, 2.05) is 0 Å². The second kappa shape index (κ2) is 31.1. The first-order valence-corrected chi connectivity index (χ1v) is 29.3. The molecular weight excluding hydrogens is 1240 g/mol. The zero-order valence-corrected chi connectivity index (χ0v) is 48.8. The van der Waals surface area contributed by atoms with Gasteiger partial charge in [0.1, 0.15) is 159 Å². The molecule has 0 saturated carbocycles. The molecule has 3 amide bonds. The van der Waals surface area contributed by atoms with E-state index in [0.717, 1.165) is 20.8 Å². The van der Waals surface area contributed by atoms with Gasteiger partial charge in [0.2, 0.25) is 17.7 Å². The molecule has 7 heterocycles. The van der Waals surface area contributed by atoms with E-state index in [1.165, 1.54) is 13.8 Å². The Labute approximate surface area is 505 Å². The van der Waals surface area contributed by atoms with E-state index in [1.54, 1.807) is 0 Å². The van der Waals surface area contributed by atoms with Crippen LogP contribution in [0.1, 0.15) is 34.6 Å². The number of nitrogens with one attached hydrogen (secondary N) is 3. The molecule has 0 aromatic rings. The minimum absolute atomic E-state index is 0.880. The Balaban J connectivity index is 1.20. The first kappa shape index (κ1) is 73.5. The van der Waals surface area contributed by atoms with E-state index in [4.69, 9.17) is 61.6 Å². The molecule has 516 valence electrons. The number of rotatable bonds is 22. The Morgan fingerprint density at radius 3 is 1.26 bits per heavy atom. The number of carbonyl (C=O) groups excluding carboxylic acids is 3. The van der Waals surface area contributed by atoms with Gasteiger partial charge < -0.3 is 164 Å². The van der Waals surface area contributed by atoms with E-state index in [-0.39, 0.29) is 0 Å². The average molecular weight is 1320 g/mol. The van der Waals surface area contributed by atoms with Crippen molar-refractivity contribution in [3.8, 4) is 0 Å². The molecule has 7 aliphatic rings. The molecule has 40 nitrogen and oxygen atoms in total. The molecule has 7 saturated heterocycles. The van der Waals surface area contributed by atoms with Crippen LogP contribution < -0.4 is 16.0 Å². The van der Waals surface area contributed by atoms with Gasteiger partial charge in [-0.15, -0.1) is 0 Å². The molecule has 0 aromatic heterocycles. The molecule has 7 aliphatic heterocycles. The summed E-state index contributed by atoms with van der Waals surface area (Å²) in [6.07, 6.45) is -62.6. The molecule has 21 N–H and O–H groups in total. The molecule has 0 bridgehead atoms. The highest BCUT2D eigenvalue weighted by molar-refractivity contribution is 7.80. The summed E-state index contributed by atoms with van der Waals surface area (Å²) in [6.45, 7) is 0.143. The van der Waals surface area contributed by atoms with Crippen molar-refractivity contribution in [2.24, 2.45) is 0 Å². The van der Waals surface area contributed by atoms with Crippen molar-refractivity contribution in [1.29, 1.82) is 0 Å². The number of carbonyl (C=O) groups is 3. The Bertz CT molecular complexity index is 2420. The summed E-state index contributed by atoms with van der Waals surface area (Å²) < 4.78 is 114. The van der Waals surface area contributed by atoms with Crippen LogP contribution in [-0.2, 0) is 90.5 Å². The van der Waals surface area contributed by atoms with Gasteiger partial charge in [0.25, 0.3) is 0 Å². The summed E-state index contributed by atoms with van der Waals surface area (Å²) in [7, 11) is -5.47. The van der Waals surface area contributed by atoms with Crippen molar-refractivity contribution in [2.75, 3.05) is 33.0 Å². The SMILES string of the molecule is CC(=O)N[C@@H]1[C@@H](O[C@@H]2O[C@H](CO)[C@@H](O)[C@H](O[C@@H]3O[C@H](CO)[C@H](O)[C@H](O)[C@H]3O[C@@H]3O[C@@H](C)[C@@H](O)[C@@H](O)[C@@H]3O)[C@H]2NC(C)=O)[C@@H](O)[C@@H](CO[C@@H]2O[C@H](CO)[C@@H](O[C@@H]3O[C@H](CO)[C@H](O)[C@H](OS(=O)(=O)O)[C@H]3O)[C@H](O[C@@H]3O[C@@H](C)[C@@H](O)[C@@H](O)[C@@H]3O)[C@H]2NC(C)=O)O[C@@H]1O. The molecule has 7 rings (SSSR count). The van der Waals surface area contributed by atoms with E-state index in [9.17, 15) is 114 Å². The third-order valence-corrected chi connectivity index (χ3v) is 16.3. The fourth-order valence-corrected chi connectivity index (χ4v) is 11.7. The Morgan fingerprint density at radius 2 is 0.753 bits per heavy atom. The van der Waals surface area contributed by atoms with Gasteiger partial charge in [0, 0.05) is 20.8 Å². The first-order chi connectivity index (χ1) is 41.7. The number of aliphatic hydroxyl groups excluding tert-OH is 17. The number of aliphatic hydroxyl groups is 17. The van der Waals surface area contributed by atoms with Gasteiger partial charge in [-0.05, 0) is 13.8 Å². The van der Waals surface area contributed by atoms with Crippen LogP contribution in [0.3, 0.4) is 0 Å². The number of hydrogen-bond acceptors (Lipinski definition) is 36. The normalized spacial score (nSPS) is 48.3. The smallest absolute Gasteiger partial charge is 0.394 e. The fourth-order valence-electron chi connectivity index (χ4n) is 11.2. The van der Waals surface area contributed by atoms with Gasteiger partial charge in [0.05, 0.1) is 45.2 Å².